The molecule has 1 aliphatic carbocycles. The van der Waals surface area contributed by atoms with Crippen molar-refractivity contribution in [2.75, 3.05) is 7.05 Å². The molecule has 3 rings (SSSR count). The summed E-state index contributed by atoms with van der Waals surface area (Å²) >= 11 is 7.78. The van der Waals surface area contributed by atoms with E-state index in [9.17, 15) is 9.90 Å². The maximum atomic E-state index is 12.0. The van der Waals surface area contributed by atoms with Gasteiger partial charge in [-0.1, -0.05) is 31.5 Å². The number of fused-ring (bicyclic) bond motifs is 1. The van der Waals surface area contributed by atoms with Crippen LogP contribution in [0.2, 0.25) is 5.02 Å². The predicted octanol–water partition coefficient (Wildman–Crippen LogP) is 5.00. The van der Waals surface area contributed by atoms with Crippen molar-refractivity contribution in [1.29, 1.82) is 0 Å². The summed E-state index contributed by atoms with van der Waals surface area (Å²) in [5, 5.41) is 13.7. The monoisotopic (exact) mass is 363 g/mol. The molecule has 0 atom stereocenters. The highest BCUT2D eigenvalue weighted by Crippen LogP contribution is 2.46. The van der Waals surface area contributed by atoms with Crippen molar-refractivity contribution in [2.45, 2.75) is 39.7 Å². The van der Waals surface area contributed by atoms with E-state index < -0.39 is 5.97 Å². The predicted molar refractivity (Wildman–Crippen MR) is 100 cm³/mol. The van der Waals surface area contributed by atoms with Gasteiger partial charge >= 0.3 is 5.97 Å². The average Bonchev–Trinajstić information content (AvgIpc) is 2.84. The molecule has 128 valence electrons. The molecule has 0 saturated carbocycles. The third kappa shape index (κ3) is 3.23. The number of thiophene rings is 1. The van der Waals surface area contributed by atoms with Crippen LogP contribution in [-0.4, -0.2) is 18.1 Å². The fourth-order valence-corrected chi connectivity index (χ4v) is 5.02. The molecule has 1 aliphatic rings. The number of nitrogens with one attached hydrogen (secondary N) is 1. The molecule has 5 heteroatoms. The third-order valence-corrected chi connectivity index (χ3v) is 6.23. The summed E-state index contributed by atoms with van der Waals surface area (Å²) in [5.41, 5.74) is 3.68. The van der Waals surface area contributed by atoms with Gasteiger partial charge in [-0.15, -0.1) is 11.3 Å². The van der Waals surface area contributed by atoms with E-state index in [1.165, 1.54) is 4.88 Å². The van der Waals surface area contributed by atoms with Crippen LogP contribution >= 0.6 is 22.9 Å². The van der Waals surface area contributed by atoms with E-state index >= 15 is 0 Å². The summed E-state index contributed by atoms with van der Waals surface area (Å²) in [6, 6.07) is 5.70. The van der Waals surface area contributed by atoms with Crippen LogP contribution in [0.1, 0.15) is 46.6 Å². The number of rotatable bonds is 4. The number of aryl methyl sites for hydroxylation is 1. The van der Waals surface area contributed by atoms with Gasteiger partial charge in [-0.3, -0.25) is 0 Å². The molecule has 24 heavy (non-hydrogen) atoms. The number of carboxylic acids is 1. The molecule has 0 aliphatic heterocycles. The van der Waals surface area contributed by atoms with Gasteiger partial charge in [-0.05, 0) is 60.5 Å². The number of hydrogen-bond acceptors (Lipinski definition) is 3. The summed E-state index contributed by atoms with van der Waals surface area (Å²) in [4.78, 5) is 14.1. The van der Waals surface area contributed by atoms with Crippen molar-refractivity contribution in [2.24, 2.45) is 5.41 Å². The van der Waals surface area contributed by atoms with Crippen molar-refractivity contribution in [1.82, 2.24) is 5.32 Å². The first-order valence-electron chi connectivity index (χ1n) is 8.13. The van der Waals surface area contributed by atoms with Gasteiger partial charge < -0.3 is 10.4 Å². The van der Waals surface area contributed by atoms with Crippen LogP contribution in [0.3, 0.4) is 0 Å². The van der Waals surface area contributed by atoms with Crippen LogP contribution in [0, 0.1) is 5.41 Å². The van der Waals surface area contributed by atoms with E-state index in [-0.39, 0.29) is 5.41 Å². The normalized spacial score (nSPS) is 16.0. The zero-order valence-corrected chi connectivity index (χ0v) is 15.8. The van der Waals surface area contributed by atoms with E-state index in [0.29, 0.717) is 17.1 Å². The van der Waals surface area contributed by atoms with Crippen molar-refractivity contribution >= 4 is 28.9 Å². The minimum atomic E-state index is -0.828. The van der Waals surface area contributed by atoms with Gasteiger partial charge in [0.25, 0.3) is 0 Å². The number of aromatic carboxylic acids is 1. The SMILES string of the molecule is CNCc1cc(Cl)ccc1-c1sc2c(c1C(=O)O)CC(C)(C)CC2. The molecular formula is C19H22ClNO2S. The van der Waals surface area contributed by atoms with E-state index in [4.69, 9.17) is 11.6 Å². The van der Waals surface area contributed by atoms with Crippen LogP contribution in [-0.2, 0) is 19.4 Å². The van der Waals surface area contributed by atoms with Gasteiger partial charge in [-0.25, -0.2) is 4.79 Å². The van der Waals surface area contributed by atoms with Crippen LogP contribution < -0.4 is 5.32 Å². The largest absolute Gasteiger partial charge is 0.478 e. The lowest BCUT2D eigenvalue weighted by atomic mass is 9.76. The zero-order chi connectivity index (χ0) is 17.5. The Morgan fingerprint density at radius 3 is 2.83 bits per heavy atom. The molecule has 0 amide bonds. The second-order valence-electron chi connectivity index (χ2n) is 7.19. The molecular weight excluding hydrogens is 342 g/mol. The first-order valence-corrected chi connectivity index (χ1v) is 9.33. The Morgan fingerprint density at radius 1 is 1.42 bits per heavy atom. The second-order valence-corrected chi connectivity index (χ2v) is 8.73. The Balaban J connectivity index is 2.20. The molecule has 0 radical (unpaired) electrons. The summed E-state index contributed by atoms with van der Waals surface area (Å²) in [7, 11) is 1.88. The minimum Gasteiger partial charge on any atom is -0.478 e. The average molecular weight is 364 g/mol. The number of halogens is 1. The quantitative estimate of drug-likeness (QED) is 0.803. The van der Waals surface area contributed by atoms with E-state index in [1.807, 2.05) is 25.2 Å². The summed E-state index contributed by atoms with van der Waals surface area (Å²) in [6.07, 6.45) is 2.89. The smallest absolute Gasteiger partial charge is 0.337 e. The molecule has 1 aromatic carbocycles. The standard InChI is InChI=1S/C19H22ClNO2S/c1-19(2)7-6-15-14(9-19)16(18(22)23)17(24-15)13-5-4-12(20)8-11(13)10-21-3/h4-5,8,21H,6-7,9-10H2,1-3H3,(H,22,23). The maximum absolute atomic E-state index is 12.0. The molecule has 0 spiro atoms. The van der Waals surface area contributed by atoms with Crippen LogP contribution in [0.4, 0.5) is 0 Å². The highest BCUT2D eigenvalue weighted by molar-refractivity contribution is 7.16. The van der Waals surface area contributed by atoms with Crippen LogP contribution in [0.5, 0.6) is 0 Å². The fraction of sp³-hybridized carbons (Fsp3) is 0.421. The number of carbonyl (C=O) groups is 1. The zero-order valence-electron chi connectivity index (χ0n) is 14.2. The van der Waals surface area contributed by atoms with Crippen LogP contribution in [0.15, 0.2) is 18.2 Å². The molecule has 2 aromatic rings. The number of hydrogen-bond donors (Lipinski definition) is 2. The first kappa shape index (κ1) is 17.5. The highest BCUT2D eigenvalue weighted by Gasteiger charge is 2.33. The molecule has 0 fully saturated rings. The van der Waals surface area contributed by atoms with Gasteiger partial charge in [-0.2, -0.15) is 0 Å². The molecule has 1 aromatic heterocycles. The first-order chi connectivity index (χ1) is 11.3. The Morgan fingerprint density at radius 2 is 2.17 bits per heavy atom. The summed E-state index contributed by atoms with van der Waals surface area (Å²) < 4.78 is 0. The van der Waals surface area contributed by atoms with Crippen molar-refractivity contribution in [3.05, 3.63) is 44.8 Å². The Hall–Kier alpha value is -1.36. The minimum absolute atomic E-state index is 0.156. The van der Waals surface area contributed by atoms with Gasteiger partial charge in [0.2, 0.25) is 0 Å². The van der Waals surface area contributed by atoms with Gasteiger partial charge in [0, 0.05) is 21.3 Å². The van der Waals surface area contributed by atoms with Gasteiger partial charge in [0.1, 0.15) is 0 Å². The van der Waals surface area contributed by atoms with E-state index in [2.05, 4.69) is 19.2 Å². The molecule has 0 unspecified atom stereocenters. The van der Waals surface area contributed by atoms with Gasteiger partial charge in [0.15, 0.2) is 0 Å². The maximum Gasteiger partial charge on any atom is 0.337 e. The Kier molecular flexibility index (Phi) is 4.73. The second kappa shape index (κ2) is 6.51. The highest BCUT2D eigenvalue weighted by atomic mass is 35.5. The topological polar surface area (TPSA) is 49.3 Å². The number of benzene rings is 1. The van der Waals surface area contributed by atoms with Crippen molar-refractivity contribution in [3.8, 4) is 10.4 Å². The molecule has 0 bridgehead atoms. The third-order valence-electron chi connectivity index (χ3n) is 4.67. The lowest BCUT2D eigenvalue weighted by Crippen LogP contribution is -2.22. The Labute approximate surface area is 151 Å². The summed E-state index contributed by atoms with van der Waals surface area (Å²) in [5.74, 6) is -0.828. The van der Waals surface area contributed by atoms with Crippen molar-refractivity contribution in [3.63, 3.8) is 0 Å². The van der Waals surface area contributed by atoms with Crippen molar-refractivity contribution < 1.29 is 9.90 Å². The van der Waals surface area contributed by atoms with E-state index in [0.717, 1.165) is 40.8 Å². The lowest BCUT2D eigenvalue weighted by Gasteiger charge is -2.29. The Bertz CT molecular complexity index is 795. The molecule has 2 N–H and O–H groups in total. The van der Waals surface area contributed by atoms with Gasteiger partial charge in [0.05, 0.1) is 5.56 Å². The number of carboxylic acid groups (broad SMARTS) is 1. The lowest BCUT2D eigenvalue weighted by molar-refractivity contribution is 0.0696. The van der Waals surface area contributed by atoms with Crippen LogP contribution in [0.25, 0.3) is 10.4 Å². The molecule has 0 saturated heterocycles. The summed E-state index contributed by atoms with van der Waals surface area (Å²) in [6.45, 7) is 5.09. The fourth-order valence-electron chi connectivity index (χ4n) is 3.46. The molecule has 1 heterocycles. The van der Waals surface area contributed by atoms with E-state index in [1.54, 1.807) is 11.3 Å². The molecule has 3 nitrogen and oxygen atoms in total.